The molecule has 0 aliphatic heterocycles. The minimum atomic E-state index is -3.59. The van der Waals surface area contributed by atoms with Crippen molar-refractivity contribution in [3.63, 3.8) is 0 Å². The van der Waals surface area contributed by atoms with Crippen LogP contribution in [0.4, 0.5) is 0 Å². The molecule has 0 fully saturated rings. The second-order valence-corrected chi connectivity index (χ2v) is 34.3. The molecule has 0 amide bonds. The maximum atomic E-state index is 11.7. The van der Waals surface area contributed by atoms with Crippen LogP contribution in [0.2, 0.25) is 0 Å². The lowest BCUT2D eigenvalue weighted by Crippen LogP contribution is -2.05. The molecule has 0 N–H and O–H groups in total. The van der Waals surface area contributed by atoms with Crippen LogP contribution >= 0.6 is 0 Å². The SMILES string of the molecule is CCC(C)CCCC(C)CCCC(C)c1ccc(S(=O)(=O)OC)cc1.CCCC(C)CCCCC(C)CC(C)c1ccc(S(=O)(=O)OC)cc1.CCC[C@@H](C)CCCC(CC)c1ccc(S(=O)(=O)OC)cc1.CCC[C@H](C)CCCC(CC)c1ccc(S(=O)(=O)OC)cc1. The third-order valence-corrected chi connectivity index (χ3v) is 24.4. The van der Waals surface area contributed by atoms with Gasteiger partial charge in [0, 0.05) is 0 Å². The summed E-state index contributed by atoms with van der Waals surface area (Å²) in [4.78, 5) is 0.899. The van der Waals surface area contributed by atoms with Crippen LogP contribution in [-0.4, -0.2) is 62.1 Å². The zero-order chi connectivity index (χ0) is 70.9. The van der Waals surface area contributed by atoms with Gasteiger partial charge in [-0.1, -0.05) is 274 Å². The van der Waals surface area contributed by atoms with Crippen molar-refractivity contribution in [1.82, 2.24) is 0 Å². The first-order valence-electron chi connectivity index (χ1n) is 36.1. The third-order valence-electron chi connectivity index (χ3n) is 19.3. The lowest BCUT2D eigenvalue weighted by atomic mass is 9.88. The number of rotatable bonds is 44. The largest absolute Gasteiger partial charge is 0.296 e. The van der Waals surface area contributed by atoms with E-state index in [1.54, 1.807) is 48.5 Å². The average molecular weight is 1390 g/mol. The normalized spacial score (nSPS) is 15.3. The first kappa shape index (κ1) is 88.5. The minimum Gasteiger partial charge on any atom is -0.270 e. The van der Waals surface area contributed by atoms with Crippen LogP contribution in [-0.2, 0) is 57.2 Å². The molecule has 0 radical (unpaired) electrons. The highest BCUT2D eigenvalue weighted by Crippen LogP contribution is 2.32. The van der Waals surface area contributed by atoms with Crippen molar-refractivity contribution in [1.29, 1.82) is 0 Å². The van der Waals surface area contributed by atoms with Gasteiger partial charge in [-0.25, -0.2) is 0 Å². The fourth-order valence-corrected chi connectivity index (χ4v) is 15.3. The van der Waals surface area contributed by atoms with Gasteiger partial charge in [0.25, 0.3) is 40.5 Å². The van der Waals surface area contributed by atoms with Crippen molar-refractivity contribution < 1.29 is 50.4 Å². The highest BCUT2D eigenvalue weighted by molar-refractivity contribution is 7.87. The van der Waals surface area contributed by atoms with Crippen LogP contribution in [0, 0.1) is 35.5 Å². The Kier molecular flexibility index (Phi) is 45.5. The summed E-state index contributed by atoms with van der Waals surface area (Å²) in [5.74, 6) is 6.72. The van der Waals surface area contributed by atoms with Crippen molar-refractivity contribution in [3.8, 4) is 0 Å². The van der Waals surface area contributed by atoms with Gasteiger partial charge >= 0.3 is 0 Å². The maximum absolute atomic E-state index is 11.7. The first-order valence-corrected chi connectivity index (χ1v) is 41.7. The van der Waals surface area contributed by atoms with E-state index >= 15 is 0 Å². The van der Waals surface area contributed by atoms with Gasteiger partial charge in [-0.3, -0.25) is 16.7 Å². The van der Waals surface area contributed by atoms with Crippen LogP contribution in [0.5, 0.6) is 0 Å². The molecular formula is C78H132O12S4. The van der Waals surface area contributed by atoms with Crippen LogP contribution in [0.15, 0.2) is 117 Å². The predicted octanol–water partition coefficient (Wildman–Crippen LogP) is 22.5. The predicted molar refractivity (Wildman–Crippen MR) is 394 cm³/mol. The third kappa shape index (κ3) is 35.3. The molecular weight excluding hydrogens is 1260 g/mol. The monoisotopic (exact) mass is 1390 g/mol. The Morgan fingerprint density at radius 1 is 0.266 bits per heavy atom. The summed E-state index contributed by atoms with van der Waals surface area (Å²) in [6, 6.07) is 28.5. The molecule has 4 rings (SSSR count). The maximum Gasteiger partial charge on any atom is 0.296 e. The molecule has 0 bridgehead atoms. The Hall–Kier alpha value is -3.48. The van der Waals surface area contributed by atoms with Gasteiger partial charge in [0.1, 0.15) is 0 Å². The Balaban J connectivity index is 0.000000628. The lowest BCUT2D eigenvalue weighted by Gasteiger charge is -2.18. The van der Waals surface area contributed by atoms with Gasteiger partial charge in [-0.2, -0.15) is 33.7 Å². The Morgan fingerprint density at radius 3 is 0.798 bits per heavy atom. The topological polar surface area (TPSA) is 173 Å². The molecule has 0 saturated carbocycles. The fourth-order valence-electron chi connectivity index (χ4n) is 12.6. The molecule has 8 unspecified atom stereocenters. The Bertz CT molecular complexity index is 2920. The highest BCUT2D eigenvalue weighted by Gasteiger charge is 2.20. The van der Waals surface area contributed by atoms with Gasteiger partial charge in [-0.05, 0) is 168 Å². The quantitative estimate of drug-likeness (QED) is 0.0303. The molecule has 10 atom stereocenters. The molecule has 16 heteroatoms. The van der Waals surface area contributed by atoms with Crippen LogP contribution < -0.4 is 0 Å². The van der Waals surface area contributed by atoms with E-state index in [1.807, 2.05) is 48.5 Å². The van der Waals surface area contributed by atoms with Gasteiger partial charge in [0.05, 0.1) is 48.0 Å². The minimum absolute atomic E-state index is 0.222. The molecule has 0 spiro atoms. The highest BCUT2D eigenvalue weighted by atomic mass is 32.2. The Labute approximate surface area is 577 Å². The molecule has 12 nitrogen and oxygen atoms in total. The van der Waals surface area contributed by atoms with E-state index in [0.29, 0.717) is 29.6 Å². The Morgan fingerprint density at radius 2 is 0.511 bits per heavy atom. The molecule has 540 valence electrons. The van der Waals surface area contributed by atoms with Gasteiger partial charge < -0.3 is 0 Å². The number of benzene rings is 4. The lowest BCUT2D eigenvalue weighted by molar-refractivity contribution is 0.396. The van der Waals surface area contributed by atoms with E-state index in [2.05, 4.69) is 114 Å². The number of hydrogen-bond acceptors (Lipinski definition) is 12. The van der Waals surface area contributed by atoms with E-state index < -0.39 is 40.5 Å². The summed E-state index contributed by atoms with van der Waals surface area (Å²) in [6.45, 7) is 31.9. The standard InChI is InChI=1S/2C21H36O3S.2C18H30O3S/c1-6-17(2)9-7-10-18(3)11-8-12-19(4)20-13-15-21(16-14-20)25(22,23)24-5;1-6-9-17(2)10-7-8-11-18(3)16-19(4)20-12-14-21(15-13-20)25(22,23)24-5;2*1-5-8-15(3)9-7-10-16(6-2)17-11-13-18(14-12-17)22(19,20)21-4/h13-19H,6-12H2,1-5H3;12-15,17-19H,6-11,16H2,1-5H3;2*11-16H,5-10H2,1-4H3/t;;2*15-,16?/m..10/s1. The second kappa shape index (κ2) is 48.3. The molecule has 94 heavy (non-hydrogen) atoms. The van der Waals surface area contributed by atoms with E-state index in [-0.39, 0.29) is 19.6 Å². The van der Waals surface area contributed by atoms with Crippen LogP contribution in [0.3, 0.4) is 0 Å². The van der Waals surface area contributed by atoms with Crippen molar-refractivity contribution in [2.45, 2.75) is 307 Å². The first-order chi connectivity index (χ1) is 44.5. The van der Waals surface area contributed by atoms with Gasteiger partial charge in [0.2, 0.25) is 0 Å². The fraction of sp³-hybridized carbons (Fsp3) is 0.692. The van der Waals surface area contributed by atoms with Crippen LogP contribution in [0.1, 0.15) is 310 Å². The van der Waals surface area contributed by atoms with Crippen LogP contribution in [0.25, 0.3) is 0 Å². The molecule has 0 aliphatic rings. The summed E-state index contributed by atoms with van der Waals surface area (Å²) in [5.41, 5.74) is 4.83. The second-order valence-electron chi connectivity index (χ2n) is 27.4. The molecule has 0 aliphatic carbocycles. The van der Waals surface area contributed by atoms with E-state index in [1.165, 1.54) is 192 Å². The summed E-state index contributed by atoms with van der Waals surface area (Å²) >= 11 is 0. The van der Waals surface area contributed by atoms with Crippen molar-refractivity contribution in [2.24, 2.45) is 35.5 Å². The summed E-state index contributed by atoms with van der Waals surface area (Å²) in [6.07, 6.45) is 32.7. The number of unbranched alkanes of at least 4 members (excludes halogenated alkanes) is 1. The molecule has 4 aromatic rings. The molecule has 4 aromatic carbocycles. The van der Waals surface area contributed by atoms with E-state index in [0.717, 1.165) is 55.3 Å². The molecule has 0 aromatic heterocycles. The van der Waals surface area contributed by atoms with Crippen molar-refractivity contribution >= 4 is 40.5 Å². The smallest absolute Gasteiger partial charge is 0.270 e. The molecule has 0 heterocycles. The number of hydrogen-bond donors (Lipinski definition) is 0. The zero-order valence-corrected chi connectivity index (χ0v) is 65.2. The van der Waals surface area contributed by atoms with E-state index in [9.17, 15) is 33.7 Å². The summed E-state index contributed by atoms with van der Waals surface area (Å²) in [7, 11) is -9.58. The van der Waals surface area contributed by atoms with E-state index in [4.69, 9.17) is 0 Å². The molecule has 0 saturated heterocycles. The van der Waals surface area contributed by atoms with Crippen molar-refractivity contribution in [3.05, 3.63) is 119 Å². The van der Waals surface area contributed by atoms with Gasteiger partial charge in [0.15, 0.2) is 0 Å². The summed E-state index contributed by atoms with van der Waals surface area (Å²) in [5, 5.41) is 0. The van der Waals surface area contributed by atoms with Gasteiger partial charge in [-0.15, -0.1) is 0 Å². The summed E-state index contributed by atoms with van der Waals surface area (Å²) < 4.78 is 111. The zero-order valence-electron chi connectivity index (χ0n) is 61.9. The average Bonchev–Trinajstić information content (AvgIpc) is 0.888. The van der Waals surface area contributed by atoms with Crippen molar-refractivity contribution in [2.75, 3.05) is 28.4 Å².